The Labute approximate surface area is 161 Å². The van der Waals surface area contributed by atoms with Crippen molar-refractivity contribution in [2.24, 2.45) is 0 Å². The van der Waals surface area contributed by atoms with Crippen LogP contribution < -0.4 is 0 Å². The molecule has 6 nitrogen and oxygen atoms in total. The number of aryl methyl sites for hydroxylation is 2. The number of aromatic amines is 1. The van der Waals surface area contributed by atoms with Crippen molar-refractivity contribution in [3.63, 3.8) is 0 Å². The van der Waals surface area contributed by atoms with Gasteiger partial charge in [0.2, 0.25) is 5.78 Å². The number of esters is 1. The van der Waals surface area contributed by atoms with Crippen LogP contribution in [0, 0.1) is 0 Å². The number of oxazole rings is 1. The van der Waals surface area contributed by atoms with E-state index in [1.54, 1.807) is 6.20 Å². The zero-order valence-corrected chi connectivity index (χ0v) is 15.5. The van der Waals surface area contributed by atoms with Gasteiger partial charge in [-0.05, 0) is 24.1 Å². The number of nitrogens with zero attached hydrogens (tertiary/aromatic N) is 1. The summed E-state index contributed by atoms with van der Waals surface area (Å²) in [5.74, 6) is -0.201. The molecule has 4 rings (SSSR count). The first kappa shape index (κ1) is 18.0. The fourth-order valence-corrected chi connectivity index (χ4v) is 3.27. The van der Waals surface area contributed by atoms with E-state index in [4.69, 9.17) is 9.15 Å². The predicted molar refractivity (Wildman–Crippen MR) is 105 cm³/mol. The lowest BCUT2D eigenvalue weighted by Gasteiger charge is -2.04. The molecule has 28 heavy (non-hydrogen) atoms. The molecule has 4 aromatic rings. The Hall–Kier alpha value is -3.41. The summed E-state index contributed by atoms with van der Waals surface area (Å²) in [6.45, 7) is 1.78. The average Bonchev–Trinajstić information content (AvgIpc) is 3.34. The molecule has 0 atom stereocenters. The molecular formula is C22H20N2O4. The van der Waals surface area contributed by atoms with Gasteiger partial charge in [-0.25, -0.2) is 4.98 Å². The minimum Gasteiger partial charge on any atom is -0.457 e. The van der Waals surface area contributed by atoms with E-state index in [9.17, 15) is 9.59 Å². The van der Waals surface area contributed by atoms with Crippen LogP contribution in [-0.2, 0) is 22.4 Å². The predicted octanol–water partition coefficient (Wildman–Crippen LogP) is 4.23. The quantitative estimate of drug-likeness (QED) is 0.385. The molecule has 0 unspecified atom stereocenters. The number of ether oxygens (including phenoxy) is 1. The largest absolute Gasteiger partial charge is 0.457 e. The summed E-state index contributed by atoms with van der Waals surface area (Å²) in [6, 6.07) is 13.3. The van der Waals surface area contributed by atoms with Crippen LogP contribution >= 0.6 is 0 Å². The van der Waals surface area contributed by atoms with E-state index in [1.807, 2.05) is 42.5 Å². The third kappa shape index (κ3) is 3.53. The highest BCUT2D eigenvalue weighted by Crippen LogP contribution is 2.22. The summed E-state index contributed by atoms with van der Waals surface area (Å²) >= 11 is 0. The van der Waals surface area contributed by atoms with Gasteiger partial charge in [-0.15, -0.1) is 0 Å². The maximum absolute atomic E-state index is 12.5. The topological polar surface area (TPSA) is 85.2 Å². The number of nitrogens with one attached hydrogen (secondary N) is 1. The lowest BCUT2D eigenvalue weighted by atomic mass is 10.1. The lowest BCUT2D eigenvalue weighted by Crippen LogP contribution is -2.14. The number of benzene rings is 2. The normalized spacial score (nSPS) is 11.2. The summed E-state index contributed by atoms with van der Waals surface area (Å²) in [6.07, 6.45) is 2.98. The standard InChI is InChI=1S/C22H20N2O4/c1-2-14-6-5-7-15-16(12-23-22(14)15)18(25)13-27-21(26)11-10-20-24-17-8-3-4-9-19(17)28-20/h3-9,12,23H,2,10-11,13H2,1H3. The van der Waals surface area contributed by atoms with Crippen LogP contribution in [0.5, 0.6) is 0 Å². The van der Waals surface area contributed by atoms with Gasteiger partial charge < -0.3 is 14.1 Å². The fraction of sp³-hybridized carbons (Fsp3) is 0.227. The van der Waals surface area contributed by atoms with Gasteiger partial charge in [0.05, 0.1) is 6.42 Å². The van der Waals surface area contributed by atoms with Crippen LogP contribution in [0.2, 0.25) is 0 Å². The van der Waals surface area contributed by atoms with Crippen molar-refractivity contribution in [2.45, 2.75) is 26.2 Å². The molecule has 142 valence electrons. The number of aromatic nitrogens is 2. The van der Waals surface area contributed by atoms with E-state index in [0.717, 1.165) is 28.4 Å². The third-order valence-electron chi connectivity index (χ3n) is 4.73. The Morgan fingerprint density at radius 3 is 2.82 bits per heavy atom. The van der Waals surface area contributed by atoms with Crippen LogP contribution in [-0.4, -0.2) is 28.3 Å². The summed E-state index contributed by atoms with van der Waals surface area (Å²) in [4.78, 5) is 32.0. The first-order valence-electron chi connectivity index (χ1n) is 9.28. The maximum atomic E-state index is 12.5. The van der Waals surface area contributed by atoms with Gasteiger partial charge in [-0.1, -0.05) is 37.3 Å². The molecule has 0 spiro atoms. The Balaban J connectivity index is 1.35. The zero-order chi connectivity index (χ0) is 19.5. The van der Waals surface area contributed by atoms with Gasteiger partial charge in [0.25, 0.3) is 0 Å². The monoisotopic (exact) mass is 376 g/mol. The number of para-hydroxylation sites is 3. The highest BCUT2D eigenvalue weighted by Gasteiger charge is 2.16. The maximum Gasteiger partial charge on any atom is 0.306 e. The number of rotatable bonds is 7. The smallest absolute Gasteiger partial charge is 0.306 e. The van der Waals surface area contributed by atoms with Crippen LogP contribution in [0.15, 0.2) is 53.1 Å². The molecule has 0 radical (unpaired) electrons. The van der Waals surface area contributed by atoms with E-state index < -0.39 is 5.97 Å². The molecule has 2 aromatic heterocycles. The van der Waals surface area contributed by atoms with Crippen molar-refractivity contribution >= 4 is 33.8 Å². The molecule has 0 saturated heterocycles. The van der Waals surface area contributed by atoms with E-state index >= 15 is 0 Å². The zero-order valence-electron chi connectivity index (χ0n) is 15.5. The Morgan fingerprint density at radius 2 is 2.00 bits per heavy atom. The SMILES string of the molecule is CCc1cccc2c(C(=O)COC(=O)CCc3nc4ccccc4o3)c[nH]c12. The van der Waals surface area contributed by atoms with Crippen molar-refractivity contribution in [1.82, 2.24) is 9.97 Å². The van der Waals surface area contributed by atoms with Crippen molar-refractivity contribution in [1.29, 1.82) is 0 Å². The number of Topliss-reactive ketones (excluding diaryl/α,β-unsaturated/α-hetero) is 1. The van der Waals surface area contributed by atoms with E-state index in [2.05, 4.69) is 16.9 Å². The van der Waals surface area contributed by atoms with Crippen molar-refractivity contribution < 1.29 is 18.7 Å². The van der Waals surface area contributed by atoms with E-state index in [0.29, 0.717) is 23.5 Å². The van der Waals surface area contributed by atoms with Crippen molar-refractivity contribution in [2.75, 3.05) is 6.61 Å². The van der Waals surface area contributed by atoms with Crippen LogP contribution in [0.25, 0.3) is 22.0 Å². The Kier molecular flexibility index (Phi) is 4.93. The molecule has 0 bridgehead atoms. The molecule has 0 fully saturated rings. The van der Waals surface area contributed by atoms with Crippen LogP contribution in [0.4, 0.5) is 0 Å². The minimum atomic E-state index is -0.454. The molecule has 0 aliphatic heterocycles. The summed E-state index contributed by atoms with van der Waals surface area (Å²) in [5.41, 5.74) is 4.08. The highest BCUT2D eigenvalue weighted by atomic mass is 16.5. The molecule has 1 N–H and O–H groups in total. The minimum absolute atomic E-state index is 0.105. The molecule has 0 amide bonds. The summed E-state index contributed by atoms with van der Waals surface area (Å²) < 4.78 is 10.7. The molecule has 0 saturated carbocycles. The number of ketones is 1. The fourth-order valence-electron chi connectivity index (χ4n) is 3.27. The summed E-state index contributed by atoms with van der Waals surface area (Å²) in [5, 5.41) is 0.854. The first-order chi connectivity index (χ1) is 13.7. The van der Waals surface area contributed by atoms with Crippen molar-refractivity contribution in [3.8, 4) is 0 Å². The number of carbonyl (C=O) groups excluding carboxylic acids is 2. The number of hydrogen-bond acceptors (Lipinski definition) is 5. The van der Waals surface area contributed by atoms with Gasteiger partial charge in [0, 0.05) is 29.1 Å². The number of hydrogen-bond donors (Lipinski definition) is 1. The molecule has 2 heterocycles. The summed E-state index contributed by atoms with van der Waals surface area (Å²) in [7, 11) is 0. The second-order valence-corrected chi connectivity index (χ2v) is 6.55. The van der Waals surface area contributed by atoms with Gasteiger partial charge in [-0.3, -0.25) is 9.59 Å². The molecule has 2 aromatic carbocycles. The van der Waals surface area contributed by atoms with Gasteiger partial charge in [0.15, 0.2) is 18.1 Å². The molecule has 6 heteroatoms. The van der Waals surface area contributed by atoms with Gasteiger partial charge >= 0.3 is 5.97 Å². The number of carbonyl (C=O) groups is 2. The Bertz CT molecular complexity index is 1120. The van der Waals surface area contributed by atoms with Crippen LogP contribution in [0.1, 0.15) is 35.2 Å². The molecule has 0 aliphatic rings. The van der Waals surface area contributed by atoms with E-state index in [-0.39, 0.29) is 18.8 Å². The number of H-pyrrole nitrogens is 1. The molecule has 0 aliphatic carbocycles. The average molecular weight is 376 g/mol. The number of fused-ring (bicyclic) bond motifs is 2. The van der Waals surface area contributed by atoms with Gasteiger partial charge in [0.1, 0.15) is 5.52 Å². The molecular weight excluding hydrogens is 356 g/mol. The van der Waals surface area contributed by atoms with Crippen molar-refractivity contribution in [3.05, 3.63) is 65.7 Å². The van der Waals surface area contributed by atoms with Crippen LogP contribution in [0.3, 0.4) is 0 Å². The Morgan fingerprint density at radius 1 is 1.14 bits per heavy atom. The van der Waals surface area contributed by atoms with Gasteiger partial charge in [-0.2, -0.15) is 0 Å². The highest BCUT2D eigenvalue weighted by molar-refractivity contribution is 6.09. The second-order valence-electron chi connectivity index (χ2n) is 6.55. The first-order valence-corrected chi connectivity index (χ1v) is 9.28. The lowest BCUT2D eigenvalue weighted by molar-refractivity contribution is -0.142. The third-order valence-corrected chi connectivity index (χ3v) is 4.73. The van der Waals surface area contributed by atoms with E-state index in [1.165, 1.54) is 0 Å². The second kappa shape index (κ2) is 7.68.